The third-order valence-electron chi connectivity index (χ3n) is 4.94. The molecule has 2 aromatic carbocycles. The van der Waals surface area contributed by atoms with Crippen LogP contribution in [-0.4, -0.2) is 37.9 Å². The molecular formula is C20H22F2N2OS. The SMILES string of the molecule is CC1(C)CCN(CC(O)Cn2c3ccc(F)cc3c3cc(F)ccc32)S1. The molecule has 1 aliphatic heterocycles. The van der Waals surface area contributed by atoms with Crippen LogP contribution in [0, 0.1) is 11.6 Å². The highest BCUT2D eigenvalue weighted by molar-refractivity contribution is 7.98. The molecule has 1 saturated heterocycles. The van der Waals surface area contributed by atoms with E-state index in [1.165, 1.54) is 24.3 Å². The molecule has 0 bridgehead atoms. The molecule has 3 aromatic rings. The van der Waals surface area contributed by atoms with Crippen molar-refractivity contribution in [3.05, 3.63) is 48.0 Å². The van der Waals surface area contributed by atoms with E-state index in [1.54, 1.807) is 24.1 Å². The number of nitrogens with zero attached hydrogens (tertiary/aromatic N) is 2. The van der Waals surface area contributed by atoms with Crippen LogP contribution in [0.4, 0.5) is 8.78 Å². The van der Waals surface area contributed by atoms with Crippen LogP contribution in [-0.2, 0) is 6.54 Å². The Bertz CT molecular complexity index is 910. The number of halogens is 2. The molecule has 6 heteroatoms. The number of rotatable bonds is 4. The largest absolute Gasteiger partial charge is 0.390 e. The summed E-state index contributed by atoms with van der Waals surface area (Å²) in [4.78, 5) is 0. The smallest absolute Gasteiger partial charge is 0.123 e. The third-order valence-corrected chi connectivity index (χ3v) is 6.22. The lowest BCUT2D eigenvalue weighted by atomic mass is 10.1. The van der Waals surface area contributed by atoms with E-state index in [0.29, 0.717) is 23.9 Å². The molecule has 4 rings (SSSR count). The maximum absolute atomic E-state index is 13.7. The second-order valence-electron chi connectivity index (χ2n) is 7.58. The minimum atomic E-state index is -0.565. The van der Waals surface area contributed by atoms with Gasteiger partial charge in [-0.15, -0.1) is 0 Å². The van der Waals surface area contributed by atoms with Crippen molar-refractivity contribution in [1.29, 1.82) is 0 Å². The Morgan fingerprint density at radius 3 is 2.12 bits per heavy atom. The van der Waals surface area contributed by atoms with Crippen molar-refractivity contribution in [3.63, 3.8) is 0 Å². The highest BCUT2D eigenvalue weighted by Gasteiger charge is 2.31. The topological polar surface area (TPSA) is 28.4 Å². The first kappa shape index (κ1) is 17.8. The van der Waals surface area contributed by atoms with E-state index in [2.05, 4.69) is 18.2 Å². The van der Waals surface area contributed by atoms with Crippen molar-refractivity contribution in [2.75, 3.05) is 13.1 Å². The Balaban J connectivity index is 1.67. The Morgan fingerprint density at radius 1 is 1.04 bits per heavy atom. The van der Waals surface area contributed by atoms with E-state index in [-0.39, 0.29) is 16.4 Å². The number of hydrogen-bond acceptors (Lipinski definition) is 3. The number of β-amino-alcohol motifs (C(OH)–C–C–N with tert-alkyl or cyclic N) is 1. The number of hydrogen-bond donors (Lipinski definition) is 1. The summed E-state index contributed by atoms with van der Waals surface area (Å²) in [5.74, 6) is -0.700. The molecule has 0 spiro atoms. The Hall–Kier alpha value is -1.63. The number of fused-ring (bicyclic) bond motifs is 3. The summed E-state index contributed by atoms with van der Waals surface area (Å²) < 4.78 is 31.8. The predicted molar refractivity (Wildman–Crippen MR) is 103 cm³/mol. The second-order valence-corrected chi connectivity index (χ2v) is 9.38. The minimum Gasteiger partial charge on any atom is -0.390 e. The second kappa shape index (κ2) is 6.51. The fourth-order valence-corrected chi connectivity index (χ4v) is 5.02. The molecule has 1 atom stereocenters. The van der Waals surface area contributed by atoms with E-state index in [0.717, 1.165) is 24.0 Å². The number of aliphatic hydroxyl groups excluding tert-OH is 1. The molecule has 138 valence electrons. The van der Waals surface area contributed by atoms with Crippen LogP contribution >= 0.6 is 11.9 Å². The zero-order chi connectivity index (χ0) is 18.5. The van der Waals surface area contributed by atoms with Crippen molar-refractivity contribution in [3.8, 4) is 0 Å². The van der Waals surface area contributed by atoms with Crippen LogP contribution in [0.5, 0.6) is 0 Å². The van der Waals surface area contributed by atoms with Crippen LogP contribution in [0.1, 0.15) is 20.3 Å². The maximum atomic E-state index is 13.7. The van der Waals surface area contributed by atoms with Gasteiger partial charge < -0.3 is 9.67 Å². The van der Waals surface area contributed by atoms with E-state index < -0.39 is 6.10 Å². The molecule has 1 aliphatic rings. The molecule has 1 fully saturated rings. The highest BCUT2D eigenvalue weighted by Crippen LogP contribution is 2.38. The summed E-state index contributed by atoms with van der Waals surface area (Å²) in [6.07, 6.45) is 0.531. The van der Waals surface area contributed by atoms with E-state index in [9.17, 15) is 13.9 Å². The number of aliphatic hydroxyl groups is 1. The van der Waals surface area contributed by atoms with Gasteiger partial charge in [0.2, 0.25) is 0 Å². The highest BCUT2D eigenvalue weighted by atomic mass is 32.2. The lowest BCUT2D eigenvalue weighted by Gasteiger charge is -2.22. The predicted octanol–water partition coefficient (Wildman–Crippen LogP) is 4.57. The first-order valence-electron chi connectivity index (χ1n) is 8.81. The molecule has 26 heavy (non-hydrogen) atoms. The molecule has 1 unspecified atom stereocenters. The average Bonchev–Trinajstić information content (AvgIpc) is 3.05. The molecule has 3 nitrogen and oxygen atoms in total. The van der Waals surface area contributed by atoms with Crippen LogP contribution in [0.15, 0.2) is 36.4 Å². The van der Waals surface area contributed by atoms with Crippen molar-refractivity contribution in [2.45, 2.75) is 37.7 Å². The van der Waals surface area contributed by atoms with E-state index in [4.69, 9.17) is 0 Å². The summed E-state index contributed by atoms with van der Waals surface area (Å²) in [7, 11) is 0. The molecule has 0 radical (unpaired) electrons. The minimum absolute atomic E-state index is 0.210. The molecule has 1 aromatic heterocycles. The summed E-state index contributed by atoms with van der Waals surface area (Å²) in [6.45, 7) is 6.32. The summed E-state index contributed by atoms with van der Waals surface area (Å²) in [6, 6.07) is 9.06. The van der Waals surface area contributed by atoms with Crippen molar-refractivity contribution < 1.29 is 13.9 Å². The van der Waals surface area contributed by atoms with Crippen LogP contribution in [0.3, 0.4) is 0 Å². The zero-order valence-electron chi connectivity index (χ0n) is 14.9. The first-order chi connectivity index (χ1) is 12.3. The molecule has 1 N–H and O–H groups in total. The quantitative estimate of drug-likeness (QED) is 0.677. The van der Waals surface area contributed by atoms with E-state index in [1.807, 2.05) is 4.57 Å². The van der Waals surface area contributed by atoms with Gasteiger partial charge in [-0.2, -0.15) is 0 Å². The summed E-state index contributed by atoms with van der Waals surface area (Å²) in [5.41, 5.74) is 1.61. The van der Waals surface area contributed by atoms with Gasteiger partial charge in [-0.3, -0.25) is 0 Å². The van der Waals surface area contributed by atoms with Gasteiger partial charge in [0.15, 0.2) is 0 Å². The Morgan fingerprint density at radius 2 is 1.62 bits per heavy atom. The Kier molecular flexibility index (Phi) is 4.45. The van der Waals surface area contributed by atoms with Gasteiger partial charge in [-0.05, 0) is 56.7 Å². The summed E-state index contributed by atoms with van der Waals surface area (Å²) >= 11 is 1.78. The van der Waals surface area contributed by atoms with E-state index >= 15 is 0 Å². The molecule has 0 aliphatic carbocycles. The van der Waals surface area contributed by atoms with Gasteiger partial charge in [0.25, 0.3) is 0 Å². The van der Waals surface area contributed by atoms with Gasteiger partial charge in [0.1, 0.15) is 11.6 Å². The zero-order valence-corrected chi connectivity index (χ0v) is 15.7. The molecular weight excluding hydrogens is 354 g/mol. The monoisotopic (exact) mass is 376 g/mol. The standard InChI is InChI=1S/C20H22F2N2OS/c1-20(2)7-8-23(26-20)11-15(25)12-24-18-5-3-13(21)9-16(18)17-10-14(22)4-6-19(17)24/h3-6,9-10,15,25H,7-8,11-12H2,1-2H3. The third kappa shape index (κ3) is 3.33. The average molecular weight is 376 g/mol. The number of benzene rings is 2. The van der Waals surface area contributed by atoms with Crippen molar-refractivity contribution >= 4 is 33.8 Å². The van der Waals surface area contributed by atoms with Crippen LogP contribution in [0.2, 0.25) is 0 Å². The van der Waals surface area contributed by atoms with Gasteiger partial charge in [0.05, 0.1) is 12.6 Å². The molecule has 0 amide bonds. The van der Waals surface area contributed by atoms with Crippen LogP contribution < -0.4 is 0 Å². The number of aromatic nitrogens is 1. The normalized spacial score (nSPS) is 18.8. The van der Waals surface area contributed by atoms with Gasteiger partial charge in [-0.25, -0.2) is 13.1 Å². The lowest BCUT2D eigenvalue weighted by Crippen LogP contribution is -2.29. The summed E-state index contributed by atoms with van der Waals surface area (Å²) in [5, 5.41) is 12.0. The first-order valence-corrected chi connectivity index (χ1v) is 9.59. The van der Waals surface area contributed by atoms with Gasteiger partial charge in [-0.1, -0.05) is 11.9 Å². The Labute approximate surface area is 155 Å². The lowest BCUT2D eigenvalue weighted by molar-refractivity contribution is 0.135. The molecule has 0 saturated carbocycles. The van der Waals surface area contributed by atoms with Crippen molar-refractivity contribution in [2.24, 2.45) is 0 Å². The van der Waals surface area contributed by atoms with Crippen molar-refractivity contribution in [1.82, 2.24) is 8.87 Å². The van der Waals surface area contributed by atoms with Gasteiger partial charge >= 0.3 is 0 Å². The van der Waals surface area contributed by atoms with Crippen LogP contribution in [0.25, 0.3) is 21.8 Å². The van der Waals surface area contributed by atoms with Gasteiger partial charge in [0, 0.05) is 39.6 Å². The fraction of sp³-hybridized carbons (Fsp3) is 0.400. The molecule has 2 heterocycles. The fourth-order valence-electron chi connectivity index (χ4n) is 3.71. The maximum Gasteiger partial charge on any atom is 0.123 e.